The Bertz CT molecular complexity index is 173. The van der Waals surface area contributed by atoms with Crippen molar-refractivity contribution in [1.29, 1.82) is 0 Å². The first-order valence-corrected chi connectivity index (χ1v) is 2.81. The fourth-order valence-corrected chi connectivity index (χ4v) is 0.770. The van der Waals surface area contributed by atoms with Crippen LogP contribution in [-0.2, 0) is 0 Å². The van der Waals surface area contributed by atoms with Gasteiger partial charge in [0.1, 0.15) is 0 Å². The number of halogens is 2. The van der Waals surface area contributed by atoms with Crippen molar-refractivity contribution >= 4 is 34.7 Å². The van der Waals surface area contributed by atoms with Crippen LogP contribution in [0.1, 0.15) is 5.56 Å². The van der Waals surface area contributed by atoms with Crippen molar-refractivity contribution in [3.8, 4) is 0 Å². The zero-order valence-corrected chi connectivity index (χ0v) is 9.45. The summed E-state index contributed by atoms with van der Waals surface area (Å²) in [5.74, 6) is 0. The predicted molar refractivity (Wildman–Crippen MR) is 40.8 cm³/mol. The standard InChI is InChI=1S/C7H6Cl.BrH.Mg/c1-6-3-2-4-7(8)5-6;;/h2-4H,1H3;1H;/q-1;;+2/p-1. The molecule has 3 heteroatoms. The molecule has 0 spiro atoms. The second-order valence-electron chi connectivity index (χ2n) is 1.68. The Morgan fingerprint density at radius 1 is 1.40 bits per heavy atom. The number of aryl methyl sites for hydroxylation is 1. The van der Waals surface area contributed by atoms with E-state index in [1.807, 2.05) is 25.1 Å². The SMILES string of the molecule is Cc1[c-]c(Cl)ccc1.[Br-].[Mg+2]. The molecule has 0 aromatic heterocycles. The molecule has 0 radical (unpaired) electrons. The second kappa shape index (κ2) is 6.47. The molecule has 0 amide bonds. The molecule has 0 aliphatic heterocycles. The predicted octanol–water partition coefficient (Wildman–Crippen LogP) is -0.928. The van der Waals surface area contributed by atoms with Gasteiger partial charge in [-0.2, -0.15) is 29.8 Å². The first-order chi connectivity index (χ1) is 3.79. The van der Waals surface area contributed by atoms with Crippen LogP contribution < -0.4 is 17.0 Å². The van der Waals surface area contributed by atoms with Gasteiger partial charge in [-0.1, -0.05) is 11.9 Å². The summed E-state index contributed by atoms with van der Waals surface area (Å²) >= 11 is 5.59. The summed E-state index contributed by atoms with van der Waals surface area (Å²) in [4.78, 5) is 0. The molecule has 0 aliphatic rings. The third kappa shape index (κ3) is 4.55. The molecular formula is C7H6BrClMg. The first-order valence-electron chi connectivity index (χ1n) is 2.43. The summed E-state index contributed by atoms with van der Waals surface area (Å²) in [6, 6.07) is 8.62. The van der Waals surface area contributed by atoms with Gasteiger partial charge in [0.2, 0.25) is 0 Å². The Hall–Kier alpha value is 0.756. The molecule has 1 aromatic rings. The Morgan fingerprint density at radius 3 is 2.30 bits per heavy atom. The maximum Gasteiger partial charge on any atom is 2.00 e. The van der Waals surface area contributed by atoms with Crippen LogP contribution in [0.4, 0.5) is 0 Å². The third-order valence-corrected chi connectivity index (χ3v) is 1.13. The van der Waals surface area contributed by atoms with Gasteiger partial charge in [0.15, 0.2) is 0 Å². The fourth-order valence-electron chi connectivity index (χ4n) is 0.549. The van der Waals surface area contributed by atoms with E-state index in [9.17, 15) is 0 Å². The Labute approximate surface area is 92.9 Å². The second-order valence-corrected chi connectivity index (χ2v) is 2.09. The first kappa shape index (κ1) is 13.4. The van der Waals surface area contributed by atoms with E-state index in [1.54, 1.807) is 0 Å². The minimum absolute atomic E-state index is 0. The fraction of sp³-hybridized carbons (Fsp3) is 0.143. The van der Waals surface area contributed by atoms with Gasteiger partial charge in [0, 0.05) is 0 Å². The van der Waals surface area contributed by atoms with Gasteiger partial charge in [-0.15, -0.1) is 11.6 Å². The summed E-state index contributed by atoms with van der Waals surface area (Å²) in [5.41, 5.74) is 1.08. The molecule has 1 aromatic carbocycles. The normalized spacial score (nSPS) is 7.40. The van der Waals surface area contributed by atoms with E-state index in [0.717, 1.165) is 5.56 Å². The summed E-state index contributed by atoms with van der Waals surface area (Å²) < 4.78 is 0. The molecule has 0 saturated carbocycles. The van der Waals surface area contributed by atoms with Crippen LogP contribution >= 0.6 is 11.6 Å². The van der Waals surface area contributed by atoms with Crippen LogP contribution in [0.25, 0.3) is 0 Å². The molecule has 0 fully saturated rings. The van der Waals surface area contributed by atoms with Crippen LogP contribution in [0.2, 0.25) is 5.02 Å². The molecule has 0 N–H and O–H groups in total. The summed E-state index contributed by atoms with van der Waals surface area (Å²) in [6.45, 7) is 1.96. The number of hydrogen-bond acceptors (Lipinski definition) is 0. The van der Waals surface area contributed by atoms with Crippen molar-refractivity contribution in [3.63, 3.8) is 0 Å². The maximum absolute atomic E-state index is 5.59. The van der Waals surface area contributed by atoms with E-state index < -0.39 is 0 Å². The zero-order chi connectivity index (χ0) is 5.98. The molecule has 0 bridgehead atoms. The third-order valence-electron chi connectivity index (χ3n) is 0.905. The van der Waals surface area contributed by atoms with Crippen LogP contribution in [-0.4, -0.2) is 23.1 Å². The van der Waals surface area contributed by atoms with Crippen LogP contribution in [0.15, 0.2) is 18.2 Å². The number of rotatable bonds is 0. The van der Waals surface area contributed by atoms with E-state index in [0.29, 0.717) is 5.02 Å². The average Bonchev–Trinajstić information content (AvgIpc) is 1.64. The topological polar surface area (TPSA) is 0 Å². The molecular weight excluding hydrogens is 224 g/mol. The van der Waals surface area contributed by atoms with Crippen molar-refractivity contribution in [2.75, 3.05) is 0 Å². The Morgan fingerprint density at radius 2 is 2.00 bits per heavy atom. The van der Waals surface area contributed by atoms with E-state index >= 15 is 0 Å². The minimum atomic E-state index is 0. The van der Waals surface area contributed by atoms with Gasteiger partial charge >= 0.3 is 23.1 Å². The van der Waals surface area contributed by atoms with Gasteiger partial charge in [-0.25, -0.2) is 0 Å². The van der Waals surface area contributed by atoms with Gasteiger partial charge < -0.3 is 17.0 Å². The maximum atomic E-state index is 5.59. The van der Waals surface area contributed by atoms with Crippen LogP contribution in [0.3, 0.4) is 0 Å². The summed E-state index contributed by atoms with van der Waals surface area (Å²) in [5, 5.41) is 0.685. The van der Waals surface area contributed by atoms with Gasteiger partial charge in [0.05, 0.1) is 0 Å². The average molecular weight is 230 g/mol. The smallest absolute Gasteiger partial charge is 1.00 e. The van der Waals surface area contributed by atoms with Crippen molar-refractivity contribution < 1.29 is 17.0 Å². The van der Waals surface area contributed by atoms with E-state index in [2.05, 4.69) is 6.07 Å². The van der Waals surface area contributed by atoms with E-state index in [4.69, 9.17) is 11.6 Å². The van der Waals surface area contributed by atoms with Gasteiger partial charge in [-0.05, 0) is 0 Å². The van der Waals surface area contributed by atoms with Gasteiger partial charge in [0.25, 0.3) is 0 Å². The van der Waals surface area contributed by atoms with Crippen LogP contribution in [0, 0.1) is 13.0 Å². The van der Waals surface area contributed by atoms with Gasteiger partial charge in [-0.3, -0.25) is 0 Å². The van der Waals surface area contributed by atoms with E-state index in [-0.39, 0.29) is 40.0 Å². The number of benzene rings is 1. The van der Waals surface area contributed by atoms with Crippen molar-refractivity contribution in [3.05, 3.63) is 34.9 Å². The molecule has 0 atom stereocenters. The monoisotopic (exact) mass is 228 g/mol. The summed E-state index contributed by atoms with van der Waals surface area (Å²) in [7, 11) is 0. The Balaban J connectivity index is 0. The van der Waals surface area contributed by atoms with Crippen molar-refractivity contribution in [1.82, 2.24) is 0 Å². The van der Waals surface area contributed by atoms with Crippen LogP contribution in [0.5, 0.6) is 0 Å². The molecule has 0 unspecified atom stereocenters. The Kier molecular flexibility index (Phi) is 8.63. The molecule has 50 valence electrons. The molecule has 1 rings (SSSR count). The minimum Gasteiger partial charge on any atom is -1.00 e. The number of hydrogen-bond donors (Lipinski definition) is 0. The van der Waals surface area contributed by atoms with Crippen molar-refractivity contribution in [2.45, 2.75) is 6.92 Å². The molecule has 10 heavy (non-hydrogen) atoms. The zero-order valence-electron chi connectivity index (χ0n) is 5.70. The summed E-state index contributed by atoms with van der Waals surface area (Å²) in [6.07, 6.45) is 0. The van der Waals surface area contributed by atoms with E-state index in [1.165, 1.54) is 0 Å². The largest absolute Gasteiger partial charge is 2.00 e. The molecule has 0 aliphatic carbocycles. The quantitative estimate of drug-likeness (QED) is 0.399. The van der Waals surface area contributed by atoms with Crippen molar-refractivity contribution in [2.24, 2.45) is 0 Å². The molecule has 0 heterocycles. The molecule has 0 nitrogen and oxygen atoms in total. The molecule has 0 saturated heterocycles.